The van der Waals surface area contributed by atoms with Crippen molar-refractivity contribution in [1.29, 1.82) is 0 Å². The third-order valence-electron chi connectivity index (χ3n) is 3.16. The lowest BCUT2D eigenvalue weighted by atomic mass is 10.1. The van der Waals surface area contributed by atoms with Crippen LogP contribution in [0.3, 0.4) is 0 Å². The lowest BCUT2D eigenvalue weighted by molar-refractivity contribution is -0.133. The summed E-state index contributed by atoms with van der Waals surface area (Å²) >= 11 is 0. The molecule has 1 aliphatic carbocycles. The second-order valence-electron chi connectivity index (χ2n) is 4.57. The molecule has 0 atom stereocenters. The van der Waals surface area contributed by atoms with Crippen molar-refractivity contribution in [1.82, 2.24) is 4.90 Å². The first kappa shape index (κ1) is 12.9. The Balaban J connectivity index is 2.09. The predicted molar refractivity (Wildman–Crippen MR) is 68.2 cm³/mol. The van der Waals surface area contributed by atoms with Crippen molar-refractivity contribution in [3.8, 4) is 5.75 Å². The maximum Gasteiger partial charge on any atom is 0.226 e. The van der Waals surface area contributed by atoms with Crippen LogP contribution in [0.4, 0.5) is 0 Å². The monoisotopic (exact) mass is 249 g/mol. The van der Waals surface area contributed by atoms with Crippen LogP contribution in [-0.2, 0) is 11.3 Å². The fourth-order valence-corrected chi connectivity index (χ4v) is 2.02. The van der Waals surface area contributed by atoms with Crippen molar-refractivity contribution in [3.63, 3.8) is 0 Å². The van der Waals surface area contributed by atoms with E-state index in [2.05, 4.69) is 0 Å². The van der Waals surface area contributed by atoms with Gasteiger partial charge in [0.1, 0.15) is 5.75 Å². The Bertz CT molecular complexity index is 415. The molecule has 18 heavy (non-hydrogen) atoms. The number of benzene rings is 1. The molecule has 1 saturated carbocycles. The van der Waals surface area contributed by atoms with Gasteiger partial charge in [0, 0.05) is 24.6 Å². The van der Waals surface area contributed by atoms with E-state index in [9.17, 15) is 4.79 Å². The largest absolute Gasteiger partial charge is 0.496 e. The highest BCUT2D eigenvalue weighted by atomic mass is 16.5. The van der Waals surface area contributed by atoms with Gasteiger partial charge in [-0.3, -0.25) is 4.79 Å². The Morgan fingerprint density at radius 1 is 1.44 bits per heavy atom. The van der Waals surface area contributed by atoms with Gasteiger partial charge in [-0.25, -0.2) is 0 Å². The molecule has 1 amide bonds. The van der Waals surface area contributed by atoms with Crippen LogP contribution in [0.2, 0.25) is 0 Å². The average Bonchev–Trinajstić information content (AvgIpc) is 3.22. The van der Waals surface area contributed by atoms with Crippen LogP contribution in [0.15, 0.2) is 24.3 Å². The Hall–Kier alpha value is -1.55. The molecule has 0 aliphatic heterocycles. The number of carbonyl (C=O) groups excluding carboxylic acids is 1. The predicted octanol–water partition coefficient (Wildman–Crippen LogP) is 1.43. The topological polar surface area (TPSA) is 49.8 Å². The molecule has 0 unspecified atom stereocenters. The van der Waals surface area contributed by atoms with Gasteiger partial charge < -0.3 is 14.7 Å². The quantitative estimate of drug-likeness (QED) is 0.829. The van der Waals surface area contributed by atoms with E-state index in [1.54, 1.807) is 12.0 Å². The Morgan fingerprint density at radius 3 is 2.78 bits per heavy atom. The third-order valence-corrected chi connectivity index (χ3v) is 3.16. The SMILES string of the molecule is COc1ccccc1CN(CCO)C(=O)C1CC1. The molecule has 1 aliphatic rings. The molecular weight excluding hydrogens is 230 g/mol. The molecule has 4 heteroatoms. The molecule has 1 aromatic carbocycles. The highest BCUT2D eigenvalue weighted by Crippen LogP contribution is 2.32. The molecule has 0 aromatic heterocycles. The summed E-state index contributed by atoms with van der Waals surface area (Å²) in [5.41, 5.74) is 0.974. The van der Waals surface area contributed by atoms with Gasteiger partial charge in [0.25, 0.3) is 0 Å². The summed E-state index contributed by atoms with van der Waals surface area (Å²) in [5.74, 6) is 1.10. The van der Waals surface area contributed by atoms with Gasteiger partial charge >= 0.3 is 0 Å². The van der Waals surface area contributed by atoms with Gasteiger partial charge in [-0.05, 0) is 18.9 Å². The molecule has 98 valence electrons. The highest BCUT2D eigenvalue weighted by molar-refractivity contribution is 5.81. The van der Waals surface area contributed by atoms with E-state index in [1.807, 2.05) is 24.3 Å². The minimum absolute atomic E-state index is 0.00634. The smallest absolute Gasteiger partial charge is 0.226 e. The van der Waals surface area contributed by atoms with Gasteiger partial charge in [-0.15, -0.1) is 0 Å². The zero-order valence-corrected chi connectivity index (χ0v) is 10.6. The fourth-order valence-electron chi connectivity index (χ4n) is 2.02. The first-order valence-corrected chi connectivity index (χ1v) is 6.27. The number of nitrogens with zero attached hydrogens (tertiary/aromatic N) is 1. The lowest BCUT2D eigenvalue weighted by Gasteiger charge is -2.22. The normalized spacial score (nSPS) is 14.3. The molecule has 2 rings (SSSR count). The highest BCUT2D eigenvalue weighted by Gasteiger charge is 2.33. The third kappa shape index (κ3) is 3.01. The van der Waals surface area contributed by atoms with Crippen LogP contribution < -0.4 is 4.74 Å². The number of aliphatic hydroxyl groups excluding tert-OH is 1. The Kier molecular flexibility index (Phi) is 4.20. The molecule has 0 radical (unpaired) electrons. The van der Waals surface area contributed by atoms with Crippen molar-refractivity contribution in [2.75, 3.05) is 20.3 Å². The molecule has 1 aromatic rings. The van der Waals surface area contributed by atoms with E-state index in [1.165, 1.54) is 0 Å². The molecule has 0 saturated heterocycles. The van der Waals surface area contributed by atoms with Crippen LogP contribution in [0.5, 0.6) is 5.75 Å². The maximum atomic E-state index is 12.1. The minimum atomic E-state index is -0.00634. The van der Waals surface area contributed by atoms with Gasteiger partial charge in [-0.2, -0.15) is 0 Å². The van der Waals surface area contributed by atoms with Crippen LogP contribution in [0, 0.1) is 5.92 Å². The second kappa shape index (κ2) is 5.87. The molecule has 0 bridgehead atoms. The molecule has 1 fully saturated rings. The van der Waals surface area contributed by atoms with Gasteiger partial charge in [0.2, 0.25) is 5.91 Å². The summed E-state index contributed by atoms with van der Waals surface area (Å²) < 4.78 is 5.28. The Labute approximate surface area is 107 Å². The van der Waals surface area contributed by atoms with Gasteiger partial charge in [-0.1, -0.05) is 18.2 Å². The number of amides is 1. The summed E-state index contributed by atoms with van der Waals surface area (Å²) in [6, 6.07) is 7.66. The lowest BCUT2D eigenvalue weighted by Crippen LogP contribution is -2.34. The number of aliphatic hydroxyl groups is 1. The van der Waals surface area contributed by atoms with Crippen LogP contribution in [0.1, 0.15) is 18.4 Å². The van der Waals surface area contributed by atoms with E-state index >= 15 is 0 Å². The number of methoxy groups -OCH3 is 1. The number of hydrogen-bond acceptors (Lipinski definition) is 3. The second-order valence-corrected chi connectivity index (χ2v) is 4.57. The van der Waals surface area contributed by atoms with Gasteiger partial charge in [0.05, 0.1) is 13.7 Å². The van der Waals surface area contributed by atoms with Crippen LogP contribution in [0.25, 0.3) is 0 Å². The van der Waals surface area contributed by atoms with E-state index < -0.39 is 0 Å². The van der Waals surface area contributed by atoms with E-state index in [0.29, 0.717) is 13.1 Å². The molecule has 1 N–H and O–H groups in total. The van der Waals surface area contributed by atoms with E-state index in [0.717, 1.165) is 24.2 Å². The average molecular weight is 249 g/mol. The van der Waals surface area contributed by atoms with Crippen LogP contribution in [-0.4, -0.2) is 36.2 Å². The van der Waals surface area contributed by atoms with Crippen LogP contribution >= 0.6 is 0 Å². The van der Waals surface area contributed by atoms with Crippen molar-refractivity contribution in [2.45, 2.75) is 19.4 Å². The van der Waals surface area contributed by atoms with E-state index in [-0.39, 0.29) is 18.4 Å². The number of carbonyl (C=O) groups is 1. The summed E-state index contributed by atoms with van der Waals surface area (Å²) in [6.45, 7) is 0.876. The number of hydrogen-bond donors (Lipinski definition) is 1. The fraction of sp³-hybridized carbons (Fsp3) is 0.500. The standard InChI is InChI=1S/C14H19NO3/c1-18-13-5-3-2-4-12(13)10-15(8-9-16)14(17)11-6-7-11/h2-5,11,16H,6-10H2,1H3. The van der Waals surface area contributed by atoms with Crippen molar-refractivity contribution >= 4 is 5.91 Å². The molecule has 0 spiro atoms. The summed E-state index contributed by atoms with van der Waals surface area (Å²) in [7, 11) is 1.62. The van der Waals surface area contributed by atoms with Crippen molar-refractivity contribution in [3.05, 3.63) is 29.8 Å². The molecule has 4 nitrogen and oxygen atoms in total. The van der Waals surface area contributed by atoms with E-state index in [4.69, 9.17) is 9.84 Å². The van der Waals surface area contributed by atoms with Gasteiger partial charge in [0.15, 0.2) is 0 Å². The van der Waals surface area contributed by atoms with Crippen molar-refractivity contribution < 1.29 is 14.6 Å². The number of ether oxygens (including phenoxy) is 1. The number of para-hydroxylation sites is 1. The zero-order chi connectivity index (χ0) is 13.0. The first-order chi connectivity index (χ1) is 8.76. The molecule has 0 heterocycles. The maximum absolute atomic E-state index is 12.1. The zero-order valence-electron chi connectivity index (χ0n) is 10.6. The summed E-state index contributed by atoms with van der Waals surface area (Å²) in [5, 5.41) is 9.07. The Morgan fingerprint density at radius 2 is 2.17 bits per heavy atom. The van der Waals surface area contributed by atoms with Crippen molar-refractivity contribution in [2.24, 2.45) is 5.92 Å². The minimum Gasteiger partial charge on any atom is -0.496 e. The number of rotatable bonds is 6. The molecular formula is C14H19NO3. The first-order valence-electron chi connectivity index (χ1n) is 6.27. The summed E-state index contributed by atoms with van der Waals surface area (Å²) in [6.07, 6.45) is 1.96. The summed E-state index contributed by atoms with van der Waals surface area (Å²) in [4.78, 5) is 13.8.